The Morgan fingerprint density at radius 1 is 1.50 bits per heavy atom. The van der Waals surface area contributed by atoms with Gasteiger partial charge in [-0.05, 0) is 12.0 Å². The number of nitrogens with zero attached hydrogens (tertiary/aromatic N) is 1. The molecule has 0 bridgehead atoms. The SMILES string of the molecule is COc1c(C(C)C)ccnc1F. The van der Waals surface area contributed by atoms with Gasteiger partial charge in [0.1, 0.15) is 0 Å². The summed E-state index contributed by atoms with van der Waals surface area (Å²) < 4.78 is 17.9. The Hall–Kier alpha value is -1.12. The number of halogens is 1. The van der Waals surface area contributed by atoms with Crippen LogP contribution in [0.3, 0.4) is 0 Å². The third kappa shape index (κ3) is 1.55. The molecule has 0 atom stereocenters. The van der Waals surface area contributed by atoms with Crippen molar-refractivity contribution in [1.29, 1.82) is 0 Å². The number of pyridine rings is 1. The summed E-state index contributed by atoms with van der Waals surface area (Å²) in [6, 6.07) is 1.77. The summed E-state index contributed by atoms with van der Waals surface area (Å²) >= 11 is 0. The van der Waals surface area contributed by atoms with Crippen molar-refractivity contribution in [3.63, 3.8) is 0 Å². The minimum absolute atomic E-state index is 0.248. The second-order valence-electron chi connectivity index (χ2n) is 2.88. The van der Waals surface area contributed by atoms with Gasteiger partial charge in [0.25, 0.3) is 5.95 Å². The smallest absolute Gasteiger partial charge is 0.255 e. The molecule has 0 aliphatic rings. The average Bonchev–Trinajstić information content (AvgIpc) is 2.03. The fraction of sp³-hybridized carbons (Fsp3) is 0.444. The minimum atomic E-state index is -0.538. The zero-order valence-corrected chi connectivity index (χ0v) is 7.47. The van der Waals surface area contributed by atoms with Gasteiger partial charge in [-0.15, -0.1) is 0 Å². The van der Waals surface area contributed by atoms with Gasteiger partial charge < -0.3 is 4.74 Å². The van der Waals surface area contributed by atoms with Gasteiger partial charge in [0.2, 0.25) is 0 Å². The first-order valence-electron chi connectivity index (χ1n) is 3.85. The summed E-state index contributed by atoms with van der Waals surface area (Å²) in [6.45, 7) is 3.97. The Labute approximate surface area is 71.4 Å². The number of rotatable bonds is 2. The maximum atomic E-state index is 13.0. The molecule has 1 aromatic heterocycles. The summed E-state index contributed by atoms with van der Waals surface area (Å²) in [5, 5.41) is 0. The Balaban J connectivity index is 3.18. The van der Waals surface area contributed by atoms with Gasteiger partial charge in [-0.3, -0.25) is 0 Å². The molecule has 3 heteroatoms. The van der Waals surface area contributed by atoms with E-state index >= 15 is 0 Å². The Bertz CT molecular complexity index is 273. The van der Waals surface area contributed by atoms with E-state index in [1.165, 1.54) is 13.3 Å². The quantitative estimate of drug-likeness (QED) is 0.634. The predicted molar refractivity (Wildman–Crippen MR) is 44.8 cm³/mol. The van der Waals surface area contributed by atoms with Crippen molar-refractivity contribution in [2.75, 3.05) is 7.11 Å². The van der Waals surface area contributed by atoms with E-state index in [0.717, 1.165) is 5.56 Å². The van der Waals surface area contributed by atoms with E-state index in [1.54, 1.807) is 6.07 Å². The van der Waals surface area contributed by atoms with Crippen LogP contribution in [0, 0.1) is 5.95 Å². The van der Waals surface area contributed by atoms with E-state index in [0.29, 0.717) is 0 Å². The summed E-state index contributed by atoms with van der Waals surface area (Å²) in [5.74, 6) is -0.0337. The highest BCUT2D eigenvalue weighted by molar-refractivity contribution is 5.33. The van der Waals surface area contributed by atoms with Crippen molar-refractivity contribution < 1.29 is 9.13 Å². The van der Waals surface area contributed by atoms with Crippen LogP contribution in [0.5, 0.6) is 5.75 Å². The lowest BCUT2D eigenvalue weighted by atomic mass is 10.0. The Morgan fingerprint density at radius 3 is 2.58 bits per heavy atom. The van der Waals surface area contributed by atoms with Crippen LogP contribution in [0.2, 0.25) is 0 Å². The second kappa shape index (κ2) is 3.52. The van der Waals surface area contributed by atoms with Crippen molar-refractivity contribution in [2.24, 2.45) is 0 Å². The predicted octanol–water partition coefficient (Wildman–Crippen LogP) is 2.35. The third-order valence-electron chi connectivity index (χ3n) is 1.72. The molecule has 0 amide bonds. The maximum Gasteiger partial charge on any atom is 0.255 e. The van der Waals surface area contributed by atoms with Gasteiger partial charge in [-0.2, -0.15) is 4.39 Å². The normalized spacial score (nSPS) is 10.4. The highest BCUT2D eigenvalue weighted by atomic mass is 19.1. The van der Waals surface area contributed by atoms with Crippen LogP contribution in [-0.2, 0) is 0 Å². The number of hydrogen-bond donors (Lipinski definition) is 0. The second-order valence-corrected chi connectivity index (χ2v) is 2.88. The molecule has 0 fully saturated rings. The molecule has 1 heterocycles. The number of methoxy groups -OCH3 is 1. The third-order valence-corrected chi connectivity index (χ3v) is 1.72. The molecule has 0 spiro atoms. The molecular formula is C9H12FNO. The molecule has 12 heavy (non-hydrogen) atoms. The molecular weight excluding hydrogens is 157 g/mol. The van der Waals surface area contributed by atoms with E-state index in [4.69, 9.17) is 4.74 Å². The highest BCUT2D eigenvalue weighted by Gasteiger charge is 2.11. The largest absolute Gasteiger partial charge is 0.492 e. The molecule has 1 aromatic rings. The van der Waals surface area contributed by atoms with E-state index in [2.05, 4.69) is 4.98 Å². The highest BCUT2D eigenvalue weighted by Crippen LogP contribution is 2.26. The van der Waals surface area contributed by atoms with Gasteiger partial charge in [0.15, 0.2) is 5.75 Å². The zero-order valence-electron chi connectivity index (χ0n) is 7.47. The van der Waals surface area contributed by atoms with E-state index in [1.807, 2.05) is 13.8 Å². The zero-order chi connectivity index (χ0) is 9.14. The molecule has 0 radical (unpaired) electrons. The number of aromatic nitrogens is 1. The number of ether oxygens (including phenoxy) is 1. The molecule has 66 valence electrons. The monoisotopic (exact) mass is 169 g/mol. The van der Waals surface area contributed by atoms with Gasteiger partial charge in [0, 0.05) is 11.8 Å². The lowest BCUT2D eigenvalue weighted by molar-refractivity contribution is 0.370. The van der Waals surface area contributed by atoms with Crippen molar-refractivity contribution in [2.45, 2.75) is 19.8 Å². The molecule has 0 aromatic carbocycles. The van der Waals surface area contributed by atoms with Crippen LogP contribution in [-0.4, -0.2) is 12.1 Å². The molecule has 0 unspecified atom stereocenters. The first-order valence-corrected chi connectivity index (χ1v) is 3.85. The Morgan fingerprint density at radius 2 is 2.17 bits per heavy atom. The fourth-order valence-electron chi connectivity index (χ4n) is 1.09. The standard InChI is InChI=1S/C9H12FNO/c1-6(2)7-4-5-11-9(10)8(7)12-3/h4-6H,1-3H3. The maximum absolute atomic E-state index is 13.0. The van der Waals surface area contributed by atoms with Crippen LogP contribution in [0.25, 0.3) is 0 Å². The van der Waals surface area contributed by atoms with Gasteiger partial charge >= 0.3 is 0 Å². The molecule has 0 saturated carbocycles. The van der Waals surface area contributed by atoms with Gasteiger partial charge in [-0.25, -0.2) is 4.98 Å². The lowest BCUT2D eigenvalue weighted by Crippen LogP contribution is -1.98. The van der Waals surface area contributed by atoms with Gasteiger partial charge in [0.05, 0.1) is 7.11 Å². The van der Waals surface area contributed by atoms with E-state index in [-0.39, 0.29) is 11.7 Å². The Kier molecular flexibility index (Phi) is 2.63. The molecule has 0 aliphatic carbocycles. The summed E-state index contributed by atoms with van der Waals surface area (Å²) in [6.07, 6.45) is 1.45. The molecule has 0 saturated heterocycles. The van der Waals surface area contributed by atoms with Crippen LogP contribution in [0.4, 0.5) is 4.39 Å². The van der Waals surface area contributed by atoms with Gasteiger partial charge in [-0.1, -0.05) is 13.8 Å². The summed E-state index contributed by atoms with van der Waals surface area (Å²) in [5.41, 5.74) is 0.852. The molecule has 1 rings (SSSR count). The van der Waals surface area contributed by atoms with E-state index in [9.17, 15) is 4.39 Å². The fourth-order valence-corrected chi connectivity index (χ4v) is 1.09. The van der Waals surface area contributed by atoms with Crippen molar-refractivity contribution in [3.05, 3.63) is 23.8 Å². The van der Waals surface area contributed by atoms with Crippen molar-refractivity contribution in [1.82, 2.24) is 4.98 Å². The minimum Gasteiger partial charge on any atom is -0.492 e. The average molecular weight is 169 g/mol. The first-order chi connectivity index (χ1) is 5.66. The van der Waals surface area contributed by atoms with Crippen LogP contribution >= 0.6 is 0 Å². The molecule has 0 N–H and O–H groups in total. The molecule has 0 aliphatic heterocycles. The lowest BCUT2D eigenvalue weighted by Gasteiger charge is -2.10. The van der Waals surface area contributed by atoms with Crippen molar-refractivity contribution in [3.8, 4) is 5.75 Å². The van der Waals surface area contributed by atoms with Crippen LogP contribution in [0.15, 0.2) is 12.3 Å². The van der Waals surface area contributed by atoms with Crippen LogP contribution in [0.1, 0.15) is 25.3 Å². The van der Waals surface area contributed by atoms with E-state index < -0.39 is 5.95 Å². The summed E-state index contributed by atoms with van der Waals surface area (Å²) in [4.78, 5) is 3.50. The molecule has 2 nitrogen and oxygen atoms in total. The first kappa shape index (κ1) is 8.97. The van der Waals surface area contributed by atoms with Crippen molar-refractivity contribution >= 4 is 0 Å². The number of hydrogen-bond acceptors (Lipinski definition) is 2. The summed E-state index contributed by atoms with van der Waals surface area (Å²) in [7, 11) is 1.45. The van der Waals surface area contributed by atoms with Crippen LogP contribution < -0.4 is 4.74 Å². The topological polar surface area (TPSA) is 22.1 Å².